The summed E-state index contributed by atoms with van der Waals surface area (Å²) in [5, 5.41) is 21.4. The fraction of sp³-hybridized carbons (Fsp3) is 0.562. The van der Waals surface area contributed by atoms with E-state index in [1.165, 1.54) is 6.07 Å². The van der Waals surface area contributed by atoms with Crippen LogP contribution < -0.4 is 5.32 Å². The first kappa shape index (κ1) is 17.5. The molecule has 2 unspecified atom stereocenters. The molecule has 1 saturated heterocycles. The van der Waals surface area contributed by atoms with Gasteiger partial charge in [-0.2, -0.15) is 10.6 Å². The molecule has 0 spiro atoms. The molecule has 6 nitrogen and oxygen atoms in total. The molecule has 5 N–H and O–H groups in total. The lowest BCUT2D eigenvalue weighted by molar-refractivity contribution is -0.147. The van der Waals surface area contributed by atoms with E-state index in [1.807, 2.05) is 0 Å². The van der Waals surface area contributed by atoms with Gasteiger partial charge in [-0.15, -0.1) is 0 Å². The second-order valence-corrected chi connectivity index (χ2v) is 8.94. The maximum absolute atomic E-state index is 14.4. The third-order valence-corrected chi connectivity index (χ3v) is 6.87. The summed E-state index contributed by atoms with van der Waals surface area (Å²) in [6.07, 6.45) is -1.19. The van der Waals surface area contributed by atoms with Gasteiger partial charge in [0.25, 0.3) is 0 Å². The topological polar surface area (TPSA) is 110 Å². The van der Waals surface area contributed by atoms with Gasteiger partial charge in [-0.25, -0.2) is 9.18 Å². The lowest BCUT2D eigenvalue weighted by Gasteiger charge is -2.29. The van der Waals surface area contributed by atoms with E-state index in [2.05, 4.69) is 5.32 Å². The van der Waals surface area contributed by atoms with Crippen LogP contribution in [0.1, 0.15) is 24.8 Å². The Kier molecular flexibility index (Phi) is 4.50. The molecule has 1 heterocycles. The average molecular weight is 359 g/mol. The highest BCUT2D eigenvalue weighted by atomic mass is 32.3. The fourth-order valence-electron chi connectivity index (χ4n) is 3.72. The number of carboxylic acids is 1. The molecule has 0 aromatic heterocycles. The maximum Gasteiger partial charge on any atom is 0.334 e. The maximum atomic E-state index is 14.4. The quantitative estimate of drug-likeness (QED) is 0.534. The monoisotopic (exact) mass is 359 g/mol. The highest BCUT2D eigenvalue weighted by Crippen LogP contribution is 2.69. The third kappa shape index (κ3) is 3.23. The van der Waals surface area contributed by atoms with Crippen molar-refractivity contribution < 1.29 is 28.5 Å². The lowest BCUT2D eigenvalue weighted by Crippen LogP contribution is -2.38. The highest BCUT2D eigenvalue weighted by molar-refractivity contribution is 8.24. The van der Waals surface area contributed by atoms with Crippen molar-refractivity contribution in [3.63, 3.8) is 0 Å². The number of carbonyl (C=O) groups is 1. The summed E-state index contributed by atoms with van der Waals surface area (Å²) < 4.78 is 33.7. The minimum absolute atomic E-state index is 0.0329. The van der Waals surface area contributed by atoms with Crippen LogP contribution >= 0.6 is 10.6 Å². The van der Waals surface area contributed by atoms with Crippen LogP contribution in [0.5, 0.6) is 0 Å². The lowest BCUT2D eigenvalue weighted by atomic mass is 10.1. The fourth-order valence-corrected chi connectivity index (χ4v) is 6.00. The Morgan fingerprint density at radius 1 is 1.38 bits per heavy atom. The van der Waals surface area contributed by atoms with Gasteiger partial charge in [0.05, 0.1) is 6.04 Å². The van der Waals surface area contributed by atoms with E-state index in [9.17, 15) is 23.4 Å². The van der Waals surface area contributed by atoms with Gasteiger partial charge < -0.3 is 15.5 Å². The number of rotatable bonds is 6. The summed E-state index contributed by atoms with van der Waals surface area (Å²) in [5.74, 6) is -0.701. The number of hydrogen-bond donors (Lipinski definition) is 5. The van der Waals surface area contributed by atoms with Crippen LogP contribution in [0.4, 0.5) is 10.1 Å². The summed E-state index contributed by atoms with van der Waals surface area (Å²) in [6, 6.07) is 3.92. The Morgan fingerprint density at radius 2 is 2.00 bits per heavy atom. The summed E-state index contributed by atoms with van der Waals surface area (Å²) in [4.78, 5) is 10.9. The van der Waals surface area contributed by atoms with Gasteiger partial charge in [-0.05, 0) is 41.9 Å². The molecule has 5 atom stereocenters. The molecule has 8 heteroatoms. The molecule has 2 fully saturated rings. The zero-order chi connectivity index (χ0) is 17.6. The van der Waals surface area contributed by atoms with Crippen molar-refractivity contribution in [1.29, 1.82) is 0 Å². The van der Waals surface area contributed by atoms with E-state index in [-0.39, 0.29) is 17.8 Å². The number of nitrogens with one attached hydrogen (secondary N) is 1. The van der Waals surface area contributed by atoms with Crippen molar-refractivity contribution in [3.8, 4) is 0 Å². The number of aliphatic hydroxyl groups excluding tert-OH is 1. The van der Waals surface area contributed by atoms with Crippen molar-refractivity contribution in [1.82, 2.24) is 0 Å². The predicted octanol–water partition coefficient (Wildman–Crippen LogP) is 2.56. The van der Waals surface area contributed by atoms with Crippen molar-refractivity contribution >= 4 is 22.2 Å². The van der Waals surface area contributed by atoms with Crippen LogP contribution in [0.3, 0.4) is 0 Å². The molecule has 1 saturated carbocycles. The van der Waals surface area contributed by atoms with Crippen LogP contribution in [-0.2, 0) is 4.79 Å². The van der Waals surface area contributed by atoms with Crippen LogP contribution in [0.15, 0.2) is 18.2 Å². The Balaban J connectivity index is 1.69. The van der Waals surface area contributed by atoms with E-state index in [4.69, 9.17) is 5.11 Å². The molecular weight excluding hydrogens is 337 g/mol. The smallest absolute Gasteiger partial charge is 0.334 e. The number of fused-ring (bicyclic) bond motifs is 1. The number of aliphatic hydroxyl groups is 1. The standard InChI is InChI=1S/C16H22FNO5S/c1-2-13(15(19)16(20)21)18-8-3-4-9(12(17)5-8)14-10-6-24(22,23)7-11(10)14/h3-5,10-11,13-15,18-19,22-23H,2,6-7H2,1H3,(H,20,21)/t10-,11+,13?,14?,15-/m1/s1. The van der Waals surface area contributed by atoms with Gasteiger partial charge in [0, 0.05) is 17.2 Å². The number of carboxylic acid groups (broad SMARTS) is 1. The largest absolute Gasteiger partial charge is 0.479 e. The predicted molar refractivity (Wildman–Crippen MR) is 90.0 cm³/mol. The number of anilines is 1. The second-order valence-electron chi connectivity index (χ2n) is 6.67. The molecule has 24 heavy (non-hydrogen) atoms. The minimum Gasteiger partial charge on any atom is -0.479 e. The molecule has 1 aliphatic carbocycles. The van der Waals surface area contributed by atoms with Gasteiger partial charge in [0.15, 0.2) is 6.10 Å². The van der Waals surface area contributed by atoms with Gasteiger partial charge in [-0.1, -0.05) is 13.0 Å². The summed E-state index contributed by atoms with van der Waals surface area (Å²) in [5.41, 5.74) is 0.982. The van der Waals surface area contributed by atoms with E-state index >= 15 is 0 Å². The molecular formula is C16H22FNO5S. The number of aliphatic carboxylic acids is 1. The van der Waals surface area contributed by atoms with Gasteiger partial charge >= 0.3 is 5.97 Å². The molecule has 1 aromatic carbocycles. The summed E-state index contributed by atoms with van der Waals surface area (Å²) >= 11 is 0. The molecule has 0 radical (unpaired) electrons. The normalized spacial score (nSPS) is 31.0. The third-order valence-electron chi connectivity index (χ3n) is 5.04. The van der Waals surface area contributed by atoms with Gasteiger partial charge in [0.1, 0.15) is 5.82 Å². The van der Waals surface area contributed by atoms with Crippen molar-refractivity contribution in [2.75, 3.05) is 16.8 Å². The zero-order valence-electron chi connectivity index (χ0n) is 13.2. The number of halogens is 1. The van der Waals surface area contributed by atoms with Crippen LogP contribution in [0.25, 0.3) is 0 Å². The Labute approximate surface area is 141 Å². The molecule has 2 aliphatic rings. The van der Waals surface area contributed by atoms with Crippen molar-refractivity contribution in [2.24, 2.45) is 11.8 Å². The van der Waals surface area contributed by atoms with Crippen LogP contribution in [0.2, 0.25) is 0 Å². The molecule has 1 aromatic rings. The highest BCUT2D eigenvalue weighted by Gasteiger charge is 2.59. The zero-order valence-corrected chi connectivity index (χ0v) is 14.0. The van der Waals surface area contributed by atoms with Crippen LogP contribution in [0, 0.1) is 17.7 Å². The Morgan fingerprint density at radius 3 is 2.50 bits per heavy atom. The summed E-state index contributed by atoms with van der Waals surface area (Å²) in [6.45, 7) is 1.73. The van der Waals surface area contributed by atoms with E-state index in [1.54, 1.807) is 19.1 Å². The Hall–Kier alpha value is -1.35. The van der Waals surface area contributed by atoms with Crippen molar-refractivity contribution in [3.05, 3.63) is 29.6 Å². The molecule has 1 aliphatic heterocycles. The first-order valence-electron chi connectivity index (χ1n) is 7.94. The van der Waals surface area contributed by atoms with Crippen LogP contribution in [-0.4, -0.2) is 48.9 Å². The average Bonchev–Trinajstić information content (AvgIpc) is 3.01. The minimum atomic E-state index is -2.46. The van der Waals surface area contributed by atoms with Gasteiger partial charge in [-0.3, -0.25) is 9.11 Å². The molecule has 134 valence electrons. The second kappa shape index (κ2) is 6.18. The van der Waals surface area contributed by atoms with E-state index in [0.29, 0.717) is 29.2 Å². The number of hydrogen-bond acceptors (Lipinski definition) is 5. The molecule has 0 amide bonds. The SMILES string of the molecule is CCC(Nc1ccc(C2[C@H]3CS(O)(O)C[C@@H]23)c(F)c1)[C@@H](O)C(=O)O. The van der Waals surface area contributed by atoms with E-state index < -0.39 is 34.5 Å². The molecule has 0 bridgehead atoms. The van der Waals surface area contributed by atoms with E-state index in [0.717, 1.165) is 0 Å². The summed E-state index contributed by atoms with van der Waals surface area (Å²) in [7, 11) is -2.46. The number of benzene rings is 1. The van der Waals surface area contributed by atoms with Gasteiger partial charge in [0.2, 0.25) is 0 Å². The Bertz CT molecular complexity index is 641. The first-order chi connectivity index (χ1) is 11.2. The molecule has 3 rings (SSSR count). The van der Waals surface area contributed by atoms with Crippen molar-refractivity contribution in [2.45, 2.75) is 31.4 Å². The first-order valence-corrected chi connectivity index (χ1v) is 9.82.